The lowest BCUT2D eigenvalue weighted by Gasteiger charge is -2.24. The Kier molecular flexibility index (Phi) is 2.65. The number of rotatable bonds is 1. The summed E-state index contributed by atoms with van der Waals surface area (Å²) >= 11 is 9.20. The number of nitrogens with one attached hydrogen (secondary N) is 1. The van der Waals surface area contributed by atoms with Crippen LogP contribution >= 0.6 is 27.5 Å². The Labute approximate surface area is 94.5 Å². The van der Waals surface area contributed by atoms with E-state index in [-0.39, 0.29) is 6.04 Å². The highest BCUT2D eigenvalue weighted by Gasteiger charge is 2.19. The Morgan fingerprint density at radius 2 is 2.43 bits per heavy atom. The van der Waals surface area contributed by atoms with Crippen molar-refractivity contribution >= 4 is 39.5 Å². The van der Waals surface area contributed by atoms with Crippen molar-refractivity contribution in [3.8, 4) is 5.75 Å². The third kappa shape index (κ3) is 1.72. The zero-order chi connectivity index (χ0) is 10.1. The van der Waals surface area contributed by atoms with Crippen LogP contribution in [0.3, 0.4) is 0 Å². The van der Waals surface area contributed by atoms with E-state index in [1.54, 1.807) is 12.1 Å². The maximum absolute atomic E-state index is 10.5. The molecule has 0 saturated heterocycles. The number of halogens is 2. The summed E-state index contributed by atoms with van der Waals surface area (Å²) in [7, 11) is 0. The minimum Gasteiger partial charge on any atom is -0.489 e. The Morgan fingerprint density at radius 1 is 1.64 bits per heavy atom. The first-order chi connectivity index (χ1) is 6.70. The van der Waals surface area contributed by atoms with E-state index >= 15 is 0 Å². The van der Waals surface area contributed by atoms with E-state index in [1.165, 1.54) is 0 Å². The van der Waals surface area contributed by atoms with E-state index in [0.717, 1.165) is 16.4 Å². The fourth-order valence-electron chi connectivity index (χ4n) is 1.26. The Hall–Kier alpha value is -0.740. The monoisotopic (exact) mass is 275 g/mol. The smallest absolute Gasteiger partial charge is 0.145 e. The van der Waals surface area contributed by atoms with Gasteiger partial charge >= 0.3 is 0 Å². The average molecular weight is 277 g/mol. The molecule has 0 spiro atoms. The summed E-state index contributed by atoms with van der Waals surface area (Å²) in [5.41, 5.74) is 0.751. The first kappa shape index (κ1) is 9.80. The Morgan fingerprint density at radius 3 is 3.14 bits per heavy atom. The van der Waals surface area contributed by atoms with Crippen LogP contribution in [0.2, 0.25) is 5.02 Å². The molecule has 14 heavy (non-hydrogen) atoms. The van der Waals surface area contributed by atoms with Gasteiger partial charge in [0.05, 0.1) is 10.7 Å². The quantitative estimate of drug-likeness (QED) is 0.801. The molecule has 3 nitrogen and oxygen atoms in total. The van der Waals surface area contributed by atoms with Gasteiger partial charge in [-0.05, 0) is 28.1 Å². The van der Waals surface area contributed by atoms with Gasteiger partial charge in [0.2, 0.25) is 0 Å². The largest absolute Gasteiger partial charge is 0.489 e. The van der Waals surface area contributed by atoms with Gasteiger partial charge in [-0.2, -0.15) is 0 Å². The van der Waals surface area contributed by atoms with Crippen LogP contribution in [-0.2, 0) is 4.79 Å². The van der Waals surface area contributed by atoms with Crippen LogP contribution in [0.5, 0.6) is 5.75 Å². The molecule has 1 atom stereocenters. The summed E-state index contributed by atoms with van der Waals surface area (Å²) in [6, 6.07) is 3.22. The van der Waals surface area contributed by atoms with Gasteiger partial charge in [-0.3, -0.25) is 0 Å². The van der Waals surface area contributed by atoms with Gasteiger partial charge in [0.15, 0.2) is 0 Å². The number of anilines is 1. The van der Waals surface area contributed by atoms with E-state index < -0.39 is 0 Å². The number of fused-ring (bicyclic) bond motifs is 1. The number of ether oxygens (including phenoxy) is 1. The zero-order valence-corrected chi connectivity index (χ0v) is 9.43. The number of aldehydes is 1. The molecular formula is C9H7BrClNO2. The number of benzene rings is 1. The molecule has 0 amide bonds. The lowest BCUT2D eigenvalue weighted by Crippen LogP contribution is -2.32. The van der Waals surface area contributed by atoms with Crippen molar-refractivity contribution < 1.29 is 9.53 Å². The summed E-state index contributed by atoms with van der Waals surface area (Å²) in [5.74, 6) is 0.708. The Bertz CT molecular complexity index is 383. The van der Waals surface area contributed by atoms with Crippen molar-refractivity contribution in [1.29, 1.82) is 0 Å². The molecule has 0 aromatic heterocycles. The van der Waals surface area contributed by atoms with Gasteiger partial charge in [-0.25, -0.2) is 0 Å². The van der Waals surface area contributed by atoms with E-state index in [4.69, 9.17) is 16.3 Å². The van der Waals surface area contributed by atoms with Crippen LogP contribution in [0, 0.1) is 0 Å². The highest BCUT2D eigenvalue weighted by Crippen LogP contribution is 2.36. The van der Waals surface area contributed by atoms with Crippen molar-refractivity contribution in [3.05, 3.63) is 21.6 Å². The van der Waals surface area contributed by atoms with Gasteiger partial charge in [0.1, 0.15) is 24.7 Å². The van der Waals surface area contributed by atoms with E-state index in [2.05, 4.69) is 21.2 Å². The highest BCUT2D eigenvalue weighted by molar-refractivity contribution is 9.10. The second-order valence-corrected chi connectivity index (χ2v) is 4.22. The van der Waals surface area contributed by atoms with Gasteiger partial charge in [0, 0.05) is 4.47 Å². The Balaban J connectivity index is 2.38. The maximum Gasteiger partial charge on any atom is 0.145 e. The van der Waals surface area contributed by atoms with E-state index in [9.17, 15) is 4.79 Å². The molecular weight excluding hydrogens is 269 g/mol. The summed E-state index contributed by atoms with van der Waals surface area (Å²) in [4.78, 5) is 10.5. The standard InChI is InChI=1S/C9H7BrClNO2/c10-6-1-9-8(2-7(6)11)12-5(3-13)4-14-9/h1-3,5,12H,4H2. The molecule has 0 saturated carbocycles. The van der Waals surface area contributed by atoms with Crippen molar-refractivity contribution in [1.82, 2.24) is 0 Å². The van der Waals surface area contributed by atoms with Gasteiger partial charge in [-0.1, -0.05) is 11.6 Å². The number of hydrogen-bond donors (Lipinski definition) is 1. The topological polar surface area (TPSA) is 38.3 Å². The van der Waals surface area contributed by atoms with Gasteiger partial charge in [0.25, 0.3) is 0 Å². The predicted octanol–water partition coefficient (Wildman–Crippen LogP) is 2.47. The second kappa shape index (κ2) is 3.79. The van der Waals surface area contributed by atoms with E-state index in [1.807, 2.05) is 0 Å². The van der Waals surface area contributed by atoms with Crippen LogP contribution in [0.25, 0.3) is 0 Å². The van der Waals surface area contributed by atoms with Crippen LogP contribution in [0.15, 0.2) is 16.6 Å². The molecule has 2 rings (SSSR count). The molecule has 0 radical (unpaired) electrons. The average Bonchev–Trinajstić information content (AvgIpc) is 2.19. The van der Waals surface area contributed by atoms with Crippen molar-refractivity contribution in [2.75, 3.05) is 11.9 Å². The van der Waals surface area contributed by atoms with Crippen LogP contribution in [-0.4, -0.2) is 18.9 Å². The fourth-order valence-corrected chi connectivity index (χ4v) is 1.74. The van der Waals surface area contributed by atoms with E-state index in [0.29, 0.717) is 17.4 Å². The molecule has 1 aromatic rings. The van der Waals surface area contributed by atoms with Crippen molar-refractivity contribution in [3.63, 3.8) is 0 Å². The molecule has 0 fully saturated rings. The normalized spacial score (nSPS) is 19.1. The first-order valence-corrected chi connectivity index (χ1v) is 5.21. The number of carbonyl (C=O) groups is 1. The minimum absolute atomic E-state index is 0.292. The highest BCUT2D eigenvalue weighted by atomic mass is 79.9. The third-order valence-corrected chi connectivity index (χ3v) is 3.14. The lowest BCUT2D eigenvalue weighted by molar-refractivity contribution is -0.109. The summed E-state index contributed by atoms with van der Waals surface area (Å²) in [5, 5.41) is 3.61. The predicted molar refractivity (Wildman–Crippen MR) is 58.1 cm³/mol. The molecule has 0 aliphatic carbocycles. The fraction of sp³-hybridized carbons (Fsp3) is 0.222. The molecule has 1 aromatic carbocycles. The van der Waals surface area contributed by atoms with Gasteiger partial charge in [-0.15, -0.1) is 0 Å². The zero-order valence-electron chi connectivity index (χ0n) is 7.09. The maximum atomic E-state index is 10.5. The SMILES string of the molecule is O=CC1COc2cc(Br)c(Cl)cc2N1. The molecule has 0 bridgehead atoms. The van der Waals surface area contributed by atoms with Crippen LogP contribution < -0.4 is 10.1 Å². The molecule has 1 unspecified atom stereocenters. The second-order valence-electron chi connectivity index (χ2n) is 2.96. The molecule has 5 heteroatoms. The minimum atomic E-state index is -0.292. The summed E-state index contributed by atoms with van der Waals surface area (Å²) in [6.07, 6.45) is 0.818. The van der Waals surface area contributed by atoms with Crippen LogP contribution in [0.1, 0.15) is 0 Å². The summed E-state index contributed by atoms with van der Waals surface area (Å²) in [6.45, 7) is 0.352. The van der Waals surface area contributed by atoms with Crippen molar-refractivity contribution in [2.45, 2.75) is 6.04 Å². The van der Waals surface area contributed by atoms with Crippen LogP contribution in [0.4, 0.5) is 5.69 Å². The molecule has 1 aliphatic rings. The molecule has 1 aliphatic heterocycles. The van der Waals surface area contributed by atoms with Gasteiger partial charge < -0.3 is 14.8 Å². The first-order valence-electron chi connectivity index (χ1n) is 4.04. The molecule has 1 heterocycles. The number of carbonyl (C=O) groups excluding carboxylic acids is 1. The lowest BCUT2D eigenvalue weighted by atomic mass is 10.2. The molecule has 1 N–H and O–H groups in total. The molecule has 74 valence electrons. The summed E-state index contributed by atoms with van der Waals surface area (Å²) < 4.78 is 6.16. The third-order valence-electron chi connectivity index (χ3n) is 1.95. The number of hydrogen-bond acceptors (Lipinski definition) is 3. The van der Waals surface area contributed by atoms with Crippen molar-refractivity contribution in [2.24, 2.45) is 0 Å².